The van der Waals surface area contributed by atoms with E-state index in [1.807, 2.05) is 0 Å². The lowest BCUT2D eigenvalue weighted by molar-refractivity contribution is -0.126. The standard InChI is InChI=1S/C12H14N2OS/c1-2-5-13-12(15)10-8-3-4-9(6-8)11(10)14-7-16/h1,8-11H,3-6H2,(H,13,15)/t8-,9+,10?,11?/m1/s1. The third-order valence-electron chi connectivity index (χ3n) is 3.74. The number of nitrogens with zero attached hydrogens (tertiary/aromatic N) is 1. The molecule has 0 radical (unpaired) electrons. The Balaban J connectivity index is 2.10. The molecule has 2 fully saturated rings. The summed E-state index contributed by atoms with van der Waals surface area (Å²) in [5.41, 5.74) is 0. The van der Waals surface area contributed by atoms with Crippen LogP contribution < -0.4 is 5.32 Å². The van der Waals surface area contributed by atoms with E-state index in [0.29, 0.717) is 18.4 Å². The summed E-state index contributed by atoms with van der Waals surface area (Å²) < 4.78 is 0. The topological polar surface area (TPSA) is 41.5 Å². The van der Waals surface area contributed by atoms with Gasteiger partial charge in [0.15, 0.2) is 0 Å². The summed E-state index contributed by atoms with van der Waals surface area (Å²) in [6, 6.07) is 0.0361. The van der Waals surface area contributed by atoms with Gasteiger partial charge in [-0.1, -0.05) is 5.92 Å². The predicted octanol–water partition coefficient (Wildman–Crippen LogP) is 1.25. The first-order valence-corrected chi connectivity index (χ1v) is 5.97. The van der Waals surface area contributed by atoms with Gasteiger partial charge in [0.2, 0.25) is 5.91 Å². The van der Waals surface area contributed by atoms with Crippen LogP contribution in [0.3, 0.4) is 0 Å². The van der Waals surface area contributed by atoms with Gasteiger partial charge in [0.05, 0.1) is 23.7 Å². The van der Waals surface area contributed by atoms with E-state index in [9.17, 15) is 4.79 Å². The fourth-order valence-electron chi connectivity index (χ4n) is 3.13. The molecule has 2 rings (SSSR count). The van der Waals surface area contributed by atoms with Gasteiger partial charge in [-0.05, 0) is 43.3 Å². The van der Waals surface area contributed by atoms with Crippen molar-refractivity contribution in [1.82, 2.24) is 5.32 Å². The highest BCUT2D eigenvalue weighted by atomic mass is 32.1. The van der Waals surface area contributed by atoms with Crippen LogP contribution in [0.1, 0.15) is 19.3 Å². The minimum atomic E-state index is -0.0393. The van der Waals surface area contributed by atoms with Crippen LogP contribution in [0.4, 0.5) is 0 Å². The number of nitrogens with one attached hydrogen (secondary N) is 1. The SMILES string of the molecule is C#CCNC(=O)C1C(N=C=S)[C@H]2CC[C@@H]1C2. The number of hydrogen-bond donors (Lipinski definition) is 1. The first kappa shape index (κ1) is 11.3. The summed E-state index contributed by atoms with van der Waals surface area (Å²) in [5.74, 6) is 3.38. The smallest absolute Gasteiger partial charge is 0.226 e. The van der Waals surface area contributed by atoms with E-state index in [-0.39, 0.29) is 17.9 Å². The van der Waals surface area contributed by atoms with Gasteiger partial charge >= 0.3 is 0 Å². The lowest BCUT2D eigenvalue weighted by atomic mass is 9.84. The molecule has 1 N–H and O–H groups in total. The number of terminal acetylenes is 1. The fourth-order valence-corrected chi connectivity index (χ4v) is 3.25. The fraction of sp³-hybridized carbons (Fsp3) is 0.667. The molecule has 2 aliphatic rings. The van der Waals surface area contributed by atoms with Gasteiger partial charge in [0.25, 0.3) is 0 Å². The molecule has 4 heteroatoms. The van der Waals surface area contributed by atoms with E-state index in [0.717, 1.165) is 19.3 Å². The largest absolute Gasteiger partial charge is 0.345 e. The van der Waals surface area contributed by atoms with Crippen LogP contribution in [0, 0.1) is 30.1 Å². The van der Waals surface area contributed by atoms with Crippen LogP contribution in [0.5, 0.6) is 0 Å². The second-order valence-electron chi connectivity index (χ2n) is 4.49. The lowest BCUT2D eigenvalue weighted by Crippen LogP contribution is -2.40. The molecule has 2 bridgehead atoms. The summed E-state index contributed by atoms with van der Waals surface area (Å²) in [7, 11) is 0. The highest BCUT2D eigenvalue weighted by Crippen LogP contribution is 2.49. The average Bonchev–Trinajstić information content (AvgIpc) is 2.86. The van der Waals surface area contributed by atoms with Crippen molar-refractivity contribution in [3.05, 3.63) is 0 Å². The van der Waals surface area contributed by atoms with Crippen molar-refractivity contribution >= 4 is 23.3 Å². The monoisotopic (exact) mass is 234 g/mol. The normalized spacial score (nSPS) is 35.2. The number of rotatable bonds is 3. The van der Waals surface area contributed by atoms with Crippen LogP contribution in [0.25, 0.3) is 0 Å². The molecule has 84 valence electrons. The maximum atomic E-state index is 12.0. The van der Waals surface area contributed by atoms with Crippen LogP contribution in [0.2, 0.25) is 0 Å². The van der Waals surface area contributed by atoms with Crippen molar-refractivity contribution < 1.29 is 4.79 Å². The molecule has 0 aromatic carbocycles. The lowest BCUT2D eigenvalue weighted by Gasteiger charge is -2.26. The molecule has 0 aromatic rings. The van der Waals surface area contributed by atoms with Crippen molar-refractivity contribution in [3.63, 3.8) is 0 Å². The van der Waals surface area contributed by atoms with Crippen molar-refractivity contribution in [1.29, 1.82) is 0 Å². The molecular weight excluding hydrogens is 220 g/mol. The van der Waals surface area contributed by atoms with Crippen LogP contribution in [-0.4, -0.2) is 23.7 Å². The van der Waals surface area contributed by atoms with Crippen molar-refractivity contribution in [2.75, 3.05) is 6.54 Å². The molecular formula is C12H14N2OS. The van der Waals surface area contributed by atoms with Gasteiger partial charge in [-0.15, -0.1) is 6.42 Å². The first-order valence-electron chi connectivity index (χ1n) is 5.56. The zero-order valence-electron chi connectivity index (χ0n) is 8.98. The number of fused-ring (bicyclic) bond motifs is 2. The number of thiocarbonyl (C=S) groups is 1. The third-order valence-corrected chi connectivity index (χ3v) is 3.85. The predicted molar refractivity (Wildman–Crippen MR) is 65.0 cm³/mol. The van der Waals surface area contributed by atoms with E-state index in [2.05, 4.69) is 33.6 Å². The average molecular weight is 234 g/mol. The Labute approximate surface area is 101 Å². The van der Waals surface area contributed by atoms with E-state index in [4.69, 9.17) is 6.42 Å². The molecule has 3 nitrogen and oxygen atoms in total. The number of hydrogen-bond acceptors (Lipinski definition) is 3. The molecule has 2 saturated carbocycles. The summed E-state index contributed by atoms with van der Waals surface area (Å²) in [4.78, 5) is 16.1. The molecule has 2 aliphatic carbocycles. The number of isothiocyanates is 1. The van der Waals surface area contributed by atoms with E-state index in [1.165, 1.54) is 0 Å². The Kier molecular flexibility index (Phi) is 3.38. The molecule has 0 saturated heterocycles. The molecule has 0 aromatic heterocycles. The van der Waals surface area contributed by atoms with Gasteiger partial charge in [-0.25, -0.2) is 4.99 Å². The van der Waals surface area contributed by atoms with Crippen molar-refractivity contribution in [3.8, 4) is 12.3 Å². The van der Waals surface area contributed by atoms with Crippen molar-refractivity contribution in [2.24, 2.45) is 22.7 Å². The zero-order valence-corrected chi connectivity index (χ0v) is 9.80. The Morgan fingerprint density at radius 3 is 2.94 bits per heavy atom. The van der Waals surface area contributed by atoms with Crippen LogP contribution in [0.15, 0.2) is 4.99 Å². The van der Waals surface area contributed by atoms with Crippen LogP contribution >= 0.6 is 12.2 Å². The van der Waals surface area contributed by atoms with Gasteiger partial charge in [-0.2, -0.15) is 0 Å². The molecule has 16 heavy (non-hydrogen) atoms. The second-order valence-corrected chi connectivity index (χ2v) is 4.67. The summed E-state index contributed by atoms with van der Waals surface area (Å²) in [6.07, 6.45) is 8.51. The molecule has 0 spiro atoms. The summed E-state index contributed by atoms with van der Waals surface area (Å²) in [5, 5.41) is 5.17. The maximum absolute atomic E-state index is 12.0. The Hall–Kier alpha value is -1.17. The Bertz CT molecular complexity index is 381. The van der Waals surface area contributed by atoms with Crippen molar-refractivity contribution in [2.45, 2.75) is 25.3 Å². The first-order chi connectivity index (χ1) is 7.77. The summed E-state index contributed by atoms with van der Waals surface area (Å²) in [6.45, 7) is 0.292. The minimum absolute atomic E-state index is 0.0316. The van der Waals surface area contributed by atoms with E-state index >= 15 is 0 Å². The van der Waals surface area contributed by atoms with E-state index < -0.39 is 0 Å². The molecule has 0 aliphatic heterocycles. The molecule has 0 heterocycles. The quantitative estimate of drug-likeness (QED) is 0.454. The second kappa shape index (κ2) is 4.78. The highest BCUT2D eigenvalue weighted by Gasteiger charge is 2.50. The highest BCUT2D eigenvalue weighted by molar-refractivity contribution is 7.78. The third kappa shape index (κ3) is 1.89. The molecule has 2 unspecified atom stereocenters. The molecule has 1 amide bonds. The van der Waals surface area contributed by atoms with Crippen LogP contribution in [-0.2, 0) is 4.79 Å². The Morgan fingerprint density at radius 1 is 1.50 bits per heavy atom. The van der Waals surface area contributed by atoms with Gasteiger partial charge < -0.3 is 5.32 Å². The number of aliphatic imine (C=N–C) groups is 1. The number of carbonyl (C=O) groups is 1. The van der Waals surface area contributed by atoms with Gasteiger partial charge in [0, 0.05) is 0 Å². The van der Waals surface area contributed by atoms with E-state index in [1.54, 1.807) is 0 Å². The van der Waals surface area contributed by atoms with Gasteiger partial charge in [-0.3, -0.25) is 4.79 Å². The Morgan fingerprint density at radius 2 is 2.25 bits per heavy atom. The summed E-state index contributed by atoms with van der Waals surface area (Å²) >= 11 is 4.65. The number of amides is 1. The zero-order chi connectivity index (χ0) is 11.5. The molecule has 4 atom stereocenters. The number of carbonyl (C=O) groups excluding carboxylic acids is 1. The van der Waals surface area contributed by atoms with Gasteiger partial charge in [0.1, 0.15) is 0 Å². The minimum Gasteiger partial charge on any atom is -0.345 e. The maximum Gasteiger partial charge on any atom is 0.226 e.